The molecule has 1 aromatic carbocycles. The molecule has 100 valence electrons. The molecule has 0 spiro atoms. The summed E-state index contributed by atoms with van der Waals surface area (Å²) in [6.45, 7) is 6.12. The third-order valence-corrected chi connectivity index (χ3v) is 3.51. The van der Waals surface area contributed by atoms with E-state index in [4.69, 9.17) is 4.74 Å². The maximum Gasteiger partial charge on any atom is 0.0494 e. The van der Waals surface area contributed by atoms with Gasteiger partial charge in [0.1, 0.15) is 0 Å². The zero-order valence-corrected chi connectivity index (χ0v) is 11.5. The van der Waals surface area contributed by atoms with Gasteiger partial charge in [0.05, 0.1) is 0 Å². The maximum atomic E-state index is 5.61. The van der Waals surface area contributed by atoms with Gasteiger partial charge >= 0.3 is 0 Å². The van der Waals surface area contributed by atoms with Crippen LogP contribution in [0.2, 0.25) is 0 Å². The standard InChI is InChI=1S/C16H25NO/c1-2-15-6-3-4-7-16(15)12-17-10-5-11-18-13-14-8-9-14/h3-4,6-7,14,17H,2,5,8-13H2,1H3. The summed E-state index contributed by atoms with van der Waals surface area (Å²) in [5.74, 6) is 0.884. The van der Waals surface area contributed by atoms with Crippen LogP contribution in [0.4, 0.5) is 0 Å². The number of aryl methyl sites for hydroxylation is 1. The third-order valence-electron chi connectivity index (χ3n) is 3.51. The average Bonchev–Trinajstić information content (AvgIpc) is 3.22. The van der Waals surface area contributed by atoms with Crippen LogP contribution in [0.25, 0.3) is 0 Å². The van der Waals surface area contributed by atoms with Crippen LogP contribution in [0.1, 0.15) is 37.3 Å². The predicted octanol–water partition coefficient (Wildman–Crippen LogP) is 3.16. The Bertz CT molecular complexity index is 347. The van der Waals surface area contributed by atoms with E-state index in [2.05, 4.69) is 36.5 Å². The number of nitrogens with one attached hydrogen (secondary N) is 1. The Labute approximate surface area is 111 Å². The van der Waals surface area contributed by atoms with Gasteiger partial charge in [0.2, 0.25) is 0 Å². The van der Waals surface area contributed by atoms with Gasteiger partial charge in [0, 0.05) is 19.8 Å². The zero-order chi connectivity index (χ0) is 12.6. The van der Waals surface area contributed by atoms with Crippen LogP contribution in [-0.4, -0.2) is 19.8 Å². The number of benzene rings is 1. The van der Waals surface area contributed by atoms with Crippen molar-refractivity contribution in [3.8, 4) is 0 Å². The minimum absolute atomic E-state index is 0.884. The zero-order valence-electron chi connectivity index (χ0n) is 11.5. The van der Waals surface area contributed by atoms with Crippen molar-refractivity contribution < 1.29 is 4.74 Å². The van der Waals surface area contributed by atoms with E-state index in [0.29, 0.717) is 0 Å². The van der Waals surface area contributed by atoms with E-state index in [1.54, 1.807) is 0 Å². The Hall–Kier alpha value is -0.860. The van der Waals surface area contributed by atoms with Crippen LogP contribution in [0.3, 0.4) is 0 Å². The quantitative estimate of drug-likeness (QED) is 0.677. The van der Waals surface area contributed by atoms with Gasteiger partial charge in [-0.15, -0.1) is 0 Å². The summed E-state index contributed by atoms with van der Waals surface area (Å²) in [6.07, 6.45) is 4.99. The van der Waals surface area contributed by atoms with Crippen molar-refractivity contribution in [1.82, 2.24) is 5.32 Å². The highest BCUT2D eigenvalue weighted by Gasteiger charge is 2.20. The average molecular weight is 247 g/mol. The van der Waals surface area contributed by atoms with Crippen molar-refractivity contribution in [2.24, 2.45) is 5.92 Å². The Morgan fingerprint density at radius 3 is 2.72 bits per heavy atom. The highest BCUT2D eigenvalue weighted by molar-refractivity contribution is 5.26. The molecule has 1 aliphatic rings. The molecule has 0 saturated heterocycles. The van der Waals surface area contributed by atoms with Gasteiger partial charge in [0.25, 0.3) is 0 Å². The van der Waals surface area contributed by atoms with Gasteiger partial charge in [-0.3, -0.25) is 0 Å². The van der Waals surface area contributed by atoms with Gasteiger partial charge in [-0.2, -0.15) is 0 Å². The van der Waals surface area contributed by atoms with Gasteiger partial charge < -0.3 is 10.1 Å². The van der Waals surface area contributed by atoms with Crippen LogP contribution >= 0.6 is 0 Å². The normalized spacial score (nSPS) is 14.9. The van der Waals surface area contributed by atoms with Crippen molar-refractivity contribution in [3.05, 3.63) is 35.4 Å². The maximum absolute atomic E-state index is 5.61. The van der Waals surface area contributed by atoms with Gasteiger partial charge in [-0.1, -0.05) is 31.2 Å². The second-order valence-electron chi connectivity index (χ2n) is 5.17. The van der Waals surface area contributed by atoms with Gasteiger partial charge in [0.15, 0.2) is 0 Å². The lowest BCUT2D eigenvalue weighted by Crippen LogP contribution is -2.17. The lowest BCUT2D eigenvalue weighted by molar-refractivity contribution is 0.122. The molecule has 0 atom stereocenters. The van der Waals surface area contributed by atoms with E-state index >= 15 is 0 Å². The summed E-state index contributed by atoms with van der Waals surface area (Å²) in [7, 11) is 0. The van der Waals surface area contributed by atoms with Crippen LogP contribution in [0.5, 0.6) is 0 Å². The molecule has 0 aromatic heterocycles. The molecular weight excluding hydrogens is 222 g/mol. The summed E-state index contributed by atoms with van der Waals surface area (Å²) in [5.41, 5.74) is 2.88. The second-order valence-corrected chi connectivity index (χ2v) is 5.17. The van der Waals surface area contributed by atoms with E-state index in [0.717, 1.165) is 45.1 Å². The predicted molar refractivity (Wildman–Crippen MR) is 75.7 cm³/mol. The summed E-state index contributed by atoms with van der Waals surface area (Å²) in [5, 5.41) is 3.50. The van der Waals surface area contributed by atoms with Gasteiger partial charge in [-0.25, -0.2) is 0 Å². The molecule has 0 heterocycles. The molecule has 0 radical (unpaired) electrons. The van der Waals surface area contributed by atoms with E-state index in [1.165, 1.54) is 24.0 Å². The summed E-state index contributed by atoms with van der Waals surface area (Å²) < 4.78 is 5.61. The fraction of sp³-hybridized carbons (Fsp3) is 0.625. The van der Waals surface area contributed by atoms with Crippen LogP contribution in [0, 0.1) is 5.92 Å². The summed E-state index contributed by atoms with van der Waals surface area (Å²) in [4.78, 5) is 0. The molecule has 2 heteroatoms. The van der Waals surface area contributed by atoms with E-state index in [-0.39, 0.29) is 0 Å². The molecule has 0 aliphatic heterocycles. The molecule has 1 aliphatic carbocycles. The van der Waals surface area contributed by atoms with Crippen LogP contribution in [0.15, 0.2) is 24.3 Å². The Morgan fingerprint density at radius 1 is 1.22 bits per heavy atom. The monoisotopic (exact) mass is 247 g/mol. The molecule has 2 nitrogen and oxygen atoms in total. The minimum atomic E-state index is 0.884. The Morgan fingerprint density at radius 2 is 2.00 bits per heavy atom. The van der Waals surface area contributed by atoms with Crippen molar-refractivity contribution in [2.75, 3.05) is 19.8 Å². The van der Waals surface area contributed by atoms with Crippen molar-refractivity contribution in [3.63, 3.8) is 0 Å². The van der Waals surface area contributed by atoms with Gasteiger partial charge in [-0.05, 0) is 49.3 Å². The fourth-order valence-corrected chi connectivity index (χ4v) is 2.13. The minimum Gasteiger partial charge on any atom is -0.381 e. The van der Waals surface area contributed by atoms with E-state index in [1.807, 2.05) is 0 Å². The molecule has 18 heavy (non-hydrogen) atoms. The first-order chi connectivity index (χ1) is 8.90. The number of ether oxygens (including phenoxy) is 1. The Kier molecular flexibility index (Phi) is 5.69. The lowest BCUT2D eigenvalue weighted by atomic mass is 10.1. The van der Waals surface area contributed by atoms with E-state index in [9.17, 15) is 0 Å². The molecular formula is C16H25NO. The number of hydrogen-bond donors (Lipinski definition) is 1. The molecule has 0 bridgehead atoms. The Balaban J connectivity index is 1.53. The number of hydrogen-bond acceptors (Lipinski definition) is 2. The molecule has 1 fully saturated rings. The summed E-state index contributed by atoms with van der Waals surface area (Å²) >= 11 is 0. The highest BCUT2D eigenvalue weighted by atomic mass is 16.5. The first kappa shape index (κ1) is 13.6. The fourth-order valence-electron chi connectivity index (χ4n) is 2.13. The van der Waals surface area contributed by atoms with Crippen molar-refractivity contribution in [1.29, 1.82) is 0 Å². The van der Waals surface area contributed by atoms with Crippen LogP contribution < -0.4 is 5.32 Å². The molecule has 2 rings (SSSR count). The topological polar surface area (TPSA) is 21.3 Å². The molecule has 0 unspecified atom stereocenters. The third kappa shape index (κ3) is 4.79. The largest absolute Gasteiger partial charge is 0.381 e. The SMILES string of the molecule is CCc1ccccc1CNCCCOCC1CC1. The highest BCUT2D eigenvalue weighted by Crippen LogP contribution is 2.28. The number of rotatable bonds is 9. The van der Waals surface area contributed by atoms with Crippen molar-refractivity contribution in [2.45, 2.75) is 39.2 Å². The lowest BCUT2D eigenvalue weighted by Gasteiger charge is -2.09. The first-order valence-corrected chi connectivity index (χ1v) is 7.25. The second kappa shape index (κ2) is 7.55. The first-order valence-electron chi connectivity index (χ1n) is 7.25. The molecule has 0 amide bonds. The van der Waals surface area contributed by atoms with E-state index < -0.39 is 0 Å². The van der Waals surface area contributed by atoms with Crippen molar-refractivity contribution >= 4 is 0 Å². The smallest absolute Gasteiger partial charge is 0.0494 e. The van der Waals surface area contributed by atoms with Crippen LogP contribution in [-0.2, 0) is 17.7 Å². The molecule has 1 saturated carbocycles. The molecule has 1 aromatic rings. The molecule has 1 N–H and O–H groups in total. The summed E-state index contributed by atoms with van der Waals surface area (Å²) in [6, 6.07) is 8.67.